The van der Waals surface area contributed by atoms with Crippen molar-refractivity contribution in [1.82, 2.24) is 4.90 Å². The number of primary amides is 1. The monoisotopic (exact) mass is 231 g/mol. The summed E-state index contributed by atoms with van der Waals surface area (Å²) in [7, 11) is 0. The van der Waals surface area contributed by atoms with Crippen molar-refractivity contribution in [3.05, 3.63) is 29.8 Å². The fourth-order valence-corrected chi connectivity index (χ4v) is 2.78. The van der Waals surface area contributed by atoms with Crippen molar-refractivity contribution >= 4 is 17.6 Å². The second kappa shape index (κ2) is 3.23. The van der Waals surface area contributed by atoms with E-state index < -0.39 is 11.4 Å². The summed E-state index contributed by atoms with van der Waals surface area (Å²) in [5, 5.41) is 2.87. The van der Waals surface area contributed by atoms with Gasteiger partial charge in [0.1, 0.15) is 0 Å². The van der Waals surface area contributed by atoms with Crippen molar-refractivity contribution in [3.8, 4) is 0 Å². The SMILES string of the molecule is NC(=O)N1CCC2(C1)C(=O)Nc1ccccc12. The highest BCUT2D eigenvalue weighted by atomic mass is 16.2. The van der Waals surface area contributed by atoms with Gasteiger partial charge in [0.25, 0.3) is 0 Å². The number of likely N-dealkylation sites (tertiary alicyclic amines) is 1. The molecule has 0 bridgehead atoms. The molecule has 3 rings (SSSR count). The van der Waals surface area contributed by atoms with Gasteiger partial charge in [-0.15, -0.1) is 0 Å². The summed E-state index contributed by atoms with van der Waals surface area (Å²) in [6, 6.07) is 7.17. The number of urea groups is 1. The van der Waals surface area contributed by atoms with E-state index in [1.807, 2.05) is 24.3 Å². The third kappa shape index (κ3) is 1.25. The molecule has 0 aliphatic carbocycles. The van der Waals surface area contributed by atoms with Crippen molar-refractivity contribution < 1.29 is 9.59 Å². The Hall–Kier alpha value is -2.04. The van der Waals surface area contributed by atoms with Gasteiger partial charge in [0, 0.05) is 18.8 Å². The molecule has 1 saturated heterocycles. The number of para-hydroxylation sites is 1. The fraction of sp³-hybridized carbons (Fsp3) is 0.333. The smallest absolute Gasteiger partial charge is 0.314 e. The van der Waals surface area contributed by atoms with Crippen molar-refractivity contribution in [2.24, 2.45) is 5.73 Å². The van der Waals surface area contributed by atoms with Crippen LogP contribution in [-0.2, 0) is 10.2 Å². The Bertz CT molecular complexity index is 514. The van der Waals surface area contributed by atoms with Crippen molar-refractivity contribution in [3.63, 3.8) is 0 Å². The average Bonchev–Trinajstić information content (AvgIpc) is 2.85. The number of carbonyl (C=O) groups is 2. The average molecular weight is 231 g/mol. The van der Waals surface area contributed by atoms with E-state index in [1.54, 1.807) is 0 Å². The van der Waals surface area contributed by atoms with Crippen LogP contribution in [0.3, 0.4) is 0 Å². The molecule has 0 aromatic heterocycles. The highest BCUT2D eigenvalue weighted by Gasteiger charge is 2.51. The van der Waals surface area contributed by atoms with Gasteiger partial charge in [-0.2, -0.15) is 0 Å². The first-order valence-electron chi connectivity index (χ1n) is 5.59. The minimum Gasteiger partial charge on any atom is -0.351 e. The van der Waals surface area contributed by atoms with Crippen LogP contribution in [0.1, 0.15) is 12.0 Å². The molecule has 1 unspecified atom stereocenters. The van der Waals surface area contributed by atoms with E-state index in [1.165, 1.54) is 4.90 Å². The van der Waals surface area contributed by atoms with Gasteiger partial charge in [-0.1, -0.05) is 18.2 Å². The lowest BCUT2D eigenvalue weighted by atomic mass is 9.81. The maximum Gasteiger partial charge on any atom is 0.314 e. The molecular formula is C12H13N3O2. The van der Waals surface area contributed by atoms with Gasteiger partial charge in [-0.25, -0.2) is 4.79 Å². The number of rotatable bonds is 0. The zero-order valence-electron chi connectivity index (χ0n) is 9.27. The highest BCUT2D eigenvalue weighted by molar-refractivity contribution is 6.07. The Labute approximate surface area is 98.6 Å². The van der Waals surface area contributed by atoms with E-state index in [4.69, 9.17) is 5.73 Å². The Kier molecular flexibility index (Phi) is 1.92. The standard InChI is InChI=1S/C12H13N3O2/c13-11(17)15-6-5-12(7-15)8-3-1-2-4-9(8)14-10(12)16/h1-4H,5-7H2,(H2,13,17)(H,14,16). The van der Waals surface area contributed by atoms with Crippen LogP contribution in [0.5, 0.6) is 0 Å². The normalized spacial score (nSPS) is 26.1. The Morgan fingerprint density at radius 3 is 2.88 bits per heavy atom. The van der Waals surface area contributed by atoms with E-state index >= 15 is 0 Å². The molecule has 2 aliphatic heterocycles. The lowest BCUT2D eigenvalue weighted by Crippen LogP contribution is -2.41. The van der Waals surface area contributed by atoms with Gasteiger partial charge < -0.3 is 16.0 Å². The Morgan fingerprint density at radius 1 is 1.41 bits per heavy atom. The lowest BCUT2D eigenvalue weighted by molar-refractivity contribution is -0.120. The zero-order chi connectivity index (χ0) is 12.0. The minimum atomic E-state index is -0.592. The molecule has 3 amide bonds. The molecule has 2 heterocycles. The molecule has 2 aliphatic rings. The van der Waals surface area contributed by atoms with Crippen molar-refractivity contribution in [1.29, 1.82) is 0 Å². The number of hydrogen-bond donors (Lipinski definition) is 2. The van der Waals surface area contributed by atoms with Crippen LogP contribution >= 0.6 is 0 Å². The topological polar surface area (TPSA) is 75.4 Å². The Morgan fingerprint density at radius 2 is 2.18 bits per heavy atom. The first kappa shape index (κ1) is 10.1. The molecule has 1 spiro atoms. The van der Waals surface area contributed by atoms with E-state index in [2.05, 4.69) is 5.32 Å². The van der Waals surface area contributed by atoms with Crippen LogP contribution in [0, 0.1) is 0 Å². The summed E-state index contributed by atoms with van der Waals surface area (Å²) in [6.45, 7) is 0.919. The van der Waals surface area contributed by atoms with Crippen LogP contribution in [0.2, 0.25) is 0 Å². The van der Waals surface area contributed by atoms with Gasteiger partial charge >= 0.3 is 6.03 Å². The predicted molar refractivity (Wildman–Crippen MR) is 62.5 cm³/mol. The number of amides is 3. The molecule has 1 fully saturated rings. The molecule has 88 valence electrons. The molecule has 0 radical (unpaired) electrons. The van der Waals surface area contributed by atoms with Crippen molar-refractivity contribution in [2.45, 2.75) is 11.8 Å². The van der Waals surface area contributed by atoms with E-state index in [-0.39, 0.29) is 5.91 Å². The lowest BCUT2D eigenvalue weighted by Gasteiger charge is -2.21. The molecule has 0 saturated carbocycles. The van der Waals surface area contributed by atoms with E-state index in [9.17, 15) is 9.59 Å². The molecule has 17 heavy (non-hydrogen) atoms. The summed E-state index contributed by atoms with van der Waals surface area (Å²) < 4.78 is 0. The highest BCUT2D eigenvalue weighted by Crippen LogP contribution is 2.43. The number of fused-ring (bicyclic) bond motifs is 2. The number of nitrogens with two attached hydrogens (primary N) is 1. The van der Waals surface area contributed by atoms with Crippen LogP contribution in [-0.4, -0.2) is 29.9 Å². The summed E-state index contributed by atoms with van der Waals surface area (Å²) in [4.78, 5) is 24.8. The number of carbonyl (C=O) groups excluding carboxylic acids is 2. The molecule has 5 nitrogen and oxygen atoms in total. The number of nitrogens with zero attached hydrogens (tertiary/aromatic N) is 1. The second-order valence-corrected chi connectivity index (χ2v) is 4.59. The van der Waals surface area contributed by atoms with Gasteiger partial charge in [0.05, 0.1) is 5.41 Å². The molecule has 1 aromatic rings. The summed E-state index contributed by atoms with van der Waals surface area (Å²) in [6.07, 6.45) is 0.638. The second-order valence-electron chi connectivity index (χ2n) is 4.59. The Balaban J connectivity index is 2.04. The quantitative estimate of drug-likeness (QED) is 0.688. The summed E-state index contributed by atoms with van der Waals surface area (Å²) >= 11 is 0. The molecule has 3 N–H and O–H groups in total. The van der Waals surface area contributed by atoms with Gasteiger partial charge in [-0.3, -0.25) is 4.79 Å². The van der Waals surface area contributed by atoms with Crippen molar-refractivity contribution in [2.75, 3.05) is 18.4 Å². The van der Waals surface area contributed by atoms with Gasteiger partial charge in [0.15, 0.2) is 0 Å². The first-order chi connectivity index (χ1) is 8.13. The number of anilines is 1. The maximum absolute atomic E-state index is 12.1. The van der Waals surface area contributed by atoms with Crippen LogP contribution < -0.4 is 11.1 Å². The van der Waals surface area contributed by atoms with Crippen LogP contribution in [0.15, 0.2) is 24.3 Å². The molecular weight excluding hydrogens is 218 g/mol. The number of hydrogen-bond acceptors (Lipinski definition) is 2. The molecule has 1 aromatic carbocycles. The van der Waals surface area contributed by atoms with E-state index in [0.717, 1.165) is 11.3 Å². The fourth-order valence-electron chi connectivity index (χ4n) is 2.78. The number of nitrogens with one attached hydrogen (secondary N) is 1. The van der Waals surface area contributed by atoms with E-state index in [0.29, 0.717) is 19.5 Å². The van der Waals surface area contributed by atoms with Crippen LogP contribution in [0.4, 0.5) is 10.5 Å². The molecule has 1 atom stereocenters. The minimum absolute atomic E-state index is 0.0255. The van der Waals surface area contributed by atoms with Crippen LogP contribution in [0.25, 0.3) is 0 Å². The summed E-state index contributed by atoms with van der Waals surface area (Å²) in [5.74, 6) is -0.0255. The third-order valence-corrected chi connectivity index (χ3v) is 3.71. The first-order valence-corrected chi connectivity index (χ1v) is 5.59. The largest absolute Gasteiger partial charge is 0.351 e. The molecule has 5 heteroatoms. The number of benzene rings is 1. The summed E-state index contributed by atoms with van der Waals surface area (Å²) in [5.41, 5.74) is 6.51. The van der Waals surface area contributed by atoms with Gasteiger partial charge in [0.2, 0.25) is 5.91 Å². The third-order valence-electron chi connectivity index (χ3n) is 3.71. The zero-order valence-corrected chi connectivity index (χ0v) is 9.27. The maximum atomic E-state index is 12.1. The van der Waals surface area contributed by atoms with Gasteiger partial charge in [-0.05, 0) is 18.1 Å². The predicted octanol–water partition coefficient (Wildman–Crippen LogP) is 0.661.